The van der Waals surface area contributed by atoms with Crippen molar-refractivity contribution in [2.45, 2.75) is 25.9 Å². The van der Waals surface area contributed by atoms with E-state index in [9.17, 15) is 9.59 Å². The Bertz CT molecular complexity index is 1130. The van der Waals surface area contributed by atoms with Crippen LogP contribution in [-0.4, -0.2) is 74.1 Å². The summed E-state index contributed by atoms with van der Waals surface area (Å²) in [4.78, 5) is 34.2. The van der Waals surface area contributed by atoms with Gasteiger partial charge in [-0.25, -0.2) is 0 Å². The quantitative estimate of drug-likeness (QED) is 0.439. The molecule has 41 heavy (non-hydrogen) atoms. The van der Waals surface area contributed by atoms with Gasteiger partial charge in [-0.2, -0.15) is 0 Å². The lowest BCUT2D eigenvalue weighted by Gasteiger charge is -2.37. The number of nitrogens with zero attached hydrogens (tertiary/aromatic N) is 3. The number of carbonyl (C=O) groups is 2. The molecule has 226 valence electrons. The summed E-state index contributed by atoms with van der Waals surface area (Å²) in [6.45, 7) is 6.99. The lowest BCUT2D eigenvalue weighted by Crippen LogP contribution is -2.47. The Kier molecular flexibility index (Phi) is 14.7. The molecule has 0 saturated carbocycles. The third-order valence-electron chi connectivity index (χ3n) is 7.66. The van der Waals surface area contributed by atoms with Crippen LogP contribution in [0, 0.1) is 11.8 Å². The van der Waals surface area contributed by atoms with Crippen LogP contribution in [0.25, 0.3) is 0 Å². The summed E-state index contributed by atoms with van der Waals surface area (Å²) in [5.41, 5.74) is 3.22. The van der Waals surface area contributed by atoms with Gasteiger partial charge < -0.3 is 30.5 Å². The molecule has 0 spiro atoms. The average molecular weight is 628 g/mol. The minimum absolute atomic E-state index is 0. The monoisotopic (exact) mass is 626 g/mol. The van der Waals surface area contributed by atoms with E-state index in [1.807, 2.05) is 29.2 Å². The molecule has 0 radical (unpaired) electrons. The number of hydrogen-bond acceptors (Lipinski definition) is 7. The second-order valence-corrected chi connectivity index (χ2v) is 10.3. The lowest BCUT2D eigenvalue weighted by atomic mass is 9.82. The number of piperazine rings is 1. The van der Waals surface area contributed by atoms with Crippen molar-refractivity contribution in [2.75, 3.05) is 57.3 Å². The molecule has 1 aromatic carbocycles. The first kappa shape index (κ1) is 34.6. The molecule has 3 aliphatic heterocycles. The zero-order chi connectivity index (χ0) is 26.2. The average Bonchev–Trinajstić information content (AvgIpc) is 2.97. The maximum atomic E-state index is 13.0. The van der Waals surface area contributed by atoms with Gasteiger partial charge in [0, 0.05) is 82.4 Å². The van der Waals surface area contributed by atoms with Crippen LogP contribution in [0.2, 0.25) is 0 Å². The van der Waals surface area contributed by atoms with Crippen molar-refractivity contribution in [1.29, 1.82) is 0 Å². The van der Waals surface area contributed by atoms with Crippen molar-refractivity contribution >= 4 is 54.7 Å². The molecule has 2 amide bonds. The number of pyridine rings is 1. The van der Waals surface area contributed by atoms with E-state index in [0.29, 0.717) is 39.2 Å². The van der Waals surface area contributed by atoms with Gasteiger partial charge in [0.1, 0.15) is 12.4 Å². The van der Waals surface area contributed by atoms with E-state index in [2.05, 4.69) is 44.0 Å². The number of piperidine rings is 1. The van der Waals surface area contributed by atoms with Crippen molar-refractivity contribution in [1.82, 2.24) is 25.8 Å². The Morgan fingerprint density at radius 2 is 1.88 bits per heavy atom. The normalized spacial score (nSPS) is 21.5. The van der Waals surface area contributed by atoms with E-state index in [1.54, 1.807) is 12.4 Å². The molecule has 2 aromatic rings. The molecule has 12 heteroatoms. The first-order valence-electron chi connectivity index (χ1n) is 13.7. The highest BCUT2D eigenvalue weighted by atomic mass is 35.5. The molecule has 3 N–H and O–H groups in total. The summed E-state index contributed by atoms with van der Waals surface area (Å²) in [6.07, 6.45) is 8.91. The third kappa shape index (κ3) is 9.75. The van der Waals surface area contributed by atoms with Crippen LogP contribution in [0.3, 0.4) is 0 Å². The van der Waals surface area contributed by atoms with Crippen LogP contribution in [0.1, 0.15) is 24.0 Å². The number of anilines is 1. The number of aromatic nitrogens is 1. The Hall–Kier alpha value is -2.56. The van der Waals surface area contributed by atoms with Gasteiger partial charge in [0.15, 0.2) is 0 Å². The predicted molar refractivity (Wildman–Crippen MR) is 168 cm³/mol. The SMILES string of the molecule is Cl.Cl.Cl.O=C(C[C@@H]1CCN2C[C@@H]1/C=C/COc1ccc(N3CCNCC3)cc1CNCC2=O)NCc1cccnc1. The fourth-order valence-corrected chi connectivity index (χ4v) is 5.49. The summed E-state index contributed by atoms with van der Waals surface area (Å²) < 4.78 is 6.17. The fourth-order valence-electron chi connectivity index (χ4n) is 5.49. The number of fused-ring (bicyclic) bond motifs is 3. The van der Waals surface area contributed by atoms with Crippen LogP contribution in [0.5, 0.6) is 5.75 Å². The van der Waals surface area contributed by atoms with E-state index in [4.69, 9.17) is 4.74 Å². The van der Waals surface area contributed by atoms with Gasteiger partial charge in [0.2, 0.25) is 11.8 Å². The van der Waals surface area contributed by atoms with Gasteiger partial charge in [-0.3, -0.25) is 14.6 Å². The molecule has 0 unspecified atom stereocenters. The summed E-state index contributed by atoms with van der Waals surface area (Å²) in [5.74, 6) is 1.25. The lowest BCUT2D eigenvalue weighted by molar-refractivity contribution is -0.132. The molecule has 2 bridgehead atoms. The van der Waals surface area contributed by atoms with E-state index in [1.165, 1.54) is 5.69 Å². The Morgan fingerprint density at radius 1 is 1.05 bits per heavy atom. The number of hydrogen-bond donors (Lipinski definition) is 3. The maximum Gasteiger partial charge on any atom is 0.236 e. The highest BCUT2D eigenvalue weighted by molar-refractivity contribution is 5.86. The summed E-state index contributed by atoms with van der Waals surface area (Å²) in [6, 6.07) is 10.2. The zero-order valence-corrected chi connectivity index (χ0v) is 25.6. The molecule has 2 fully saturated rings. The minimum Gasteiger partial charge on any atom is -0.489 e. The molecule has 5 rings (SSSR count). The molecular weight excluding hydrogens is 587 g/mol. The topological polar surface area (TPSA) is 98.8 Å². The number of benzene rings is 1. The molecular formula is C29H41Cl3N6O3. The van der Waals surface area contributed by atoms with E-state index >= 15 is 0 Å². The highest BCUT2D eigenvalue weighted by Gasteiger charge is 2.31. The Morgan fingerprint density at radius 3 is 2.66 bits per heavy atom. The summed E-state index contributed by atoms with van der Waals surface area (Å²) in [5, 5.41) is 9.76. The number of ether oxygens (including phenoxy) is 1. The van der Waals surface area contributed by atoms with Gasteiger partial charge >= 0.3 is 0 Å². The molecule has 0 aliphatic carbocycles. The third-order valence-corrected chi connectivity index (χ3v) is 7.66. The highest BCUT2D eigenvalue weighted by Crippen LogP contribution is 2.29. The van der Waals surface area contributed by atoms with Gasteiger partial charge in [-0.05, 0) is 48.1 Å². The van der Waals surface area contributed by atoms with E-state index in [-0.39, 0.29) is 67.4 Å². The Labute approximate surface area is 261 Å². The van der Waals surface area contributed by atoms with E-state index in [0.717, 1.165) is 49.5 Å². The predicted octanol–water partition coefficient (Wildman–Crippen LogP) is 2.97. The van der Waals surface area contributed by atoms with Gasteiger partial charge in [-0.15, -0.1) is 37.2 Å². The zero-order valence-electron chi connectivity index (χ0n) is 23.1. The molecule has 3 aliphatic rings. The summed E-state index contributed by atoms with van der Waals surface area (Å²) >= 11 is 0. The van der Waals surface area contributed by atoms with E-state index < -0.39 is 0 Å². The van der Waals surface area contributed by atoms with Gasteiger partial charge in [0.25, 0.3) is 0 Å². The molecule has 4 heterocycles. The van der Waals surface area contributed by atoms with Gasteiger partial charge in [-0.1, -0.05) is 18.2 Å². The standard InChI is InChI=1S/C29H38N6O3.3ClH/c36-28(33-18-22-3-1-8-31-17-22)16-23-7-11-35-21-24(23)4-2-14-38-27-6-5-26(34-12-9-30-10-13-34)15-25(27)19-32-20-29(35)37;;;/h1-6,8,15,17,23-24,30,32H,7,9-14,16,18-21H2,(H,33,36);3*1H/b4-2+;;;/t23-,24-;;;/m0.../s1. The molecule has 1 aromatic heterocycles. The number of nitrogens with one attached hydrogen (secondary N) is 3. The van der Waals surface area contributed by atoms with Crippen molar-refractivity contribution in [3.05, 3.63) is 66.0 Å². The second kappa shape index (κ2) is 17.4. The Balaban J connectivity index is 0.00000196. The van der Waals surface area contributed by atoms with Crippen molar-refractivity contribution in [3.8, 4) is 5.75 Å². The fraction of sp³-hybridized carbons (Fsp3) is 0.483. The largest absolute Gasteiger partial charge is 0.489 e. The second-order valence-electron chi connectivity index (χ2n) is 10.3. The van der Waals surface area contributed by atoms with Crippen LogP contribution in [-0.2, 0) is 22.7 Å². The van der Waals surface area contributed by atoms with Crippen LogP contribution in [0.15, 0.2) is 54.9 Å². The molecule has 2 atom stereocenters. The first-order chi connectivity index (χ1) is 18.7. The van der Waals surface area contributed by atoms with Crippen molar-refractivity contribution < 1.29 is 14.3 Å². The van der Waals surface area contributed by atoms with Crippen molar-refractivity contribution in [3.63, 3.8) is 0 Å². The van der Waals surface area contributed by atoms with Crippen LogP contribution >= 0.6 is 37.2 Å². The number of rotatable bonds is 5. The number of halogens is 3. The van der Waals surface area contributed by atoms with Crippen LogP contribution in [0.4, 0.5) is 5.69 Å². The summed E-state index contributed by atoms with van der Waals surface area (Å²) in [7, 11) is 0. The smallest absolute Gasteiger partial charge is 0.236 e. The molecule has 9 nitrogen and oxygen atoms in total. The maximum absolute atomic E-state index is 13.0. The number of carbonyl (C=O) groups excluding carboxylic acids is 2. The molecule has 2 saturated heterocycles. The van der Waals surface area contributed by atoms with Crippen LogP contribution < -0.4 is 25.6 Å². The van der Waals surface area contributed by atoms with Crippen molar-refractivity contribution in [2.24, 2.45) is 11.8 Å². The first-order valence-corrected chi connectivity index (χ1v) is 13.7. The number of amides is 2. The van der Waals surface area contributed by atoms with Gasteiger partial charge in [0.05, 0.1) is 6.54 Å². The minimum atomic E-state index is 0.